The van der Waals surface area contributed by atoms with E-state index in [-0.39, 0.29) is 28.6 Å². The van der Waals surface area contributed by atoms with Crippen LogP contribution in [-0.4, -0.2) is 35.9 Å². The first-order valence-electron chi connectivity index (χ1n) is 7.19. The van der Waals surface area contributed by atoms with E-state index >= 15 is 0 Å². The molecule has 26 heavy (non-hydrogen) atoms. The molecule has 2 N–H and O–H groups in total. The molecular formula is C16H14ClF3N2O4. The van der Waals surface area contributed by atoms with Crippen LogP contribution in [0.4, 0.5) is 13.2 Å². The molecule has 0 aliphatic rings. The van der Waals surface area contributed by atoms with Gasteiger partial charge in [-0.1, -0.05) is 17.7 Å². The average Bonchev–Trinajstić information content (AvgIpc) is 2.58. The van der Waals surface area contributed by atoms with Gasteiger partial charge in [0.05, 0.1) is 12.7 Å². The fourth-order valence-electron chi connectivity index (χ4n) is 1.92. The number of ether oxygens (including phenoxy) is 2. The molecule has 0 atom stereocenters. The number of benzene rings is 1. The summed E-state index contributed by atoms with van der Waals surface area (Å²) in [5.74, 6) is -0.724. The molecule has 6 nitrogen and oxygen atoms in total. The molecule has 0 aliphatic carbocycles. The first-order chi connectivity index (χ1) is 12.2. The summed E-state index contributed by atoms with van der Waals surface area (Å²) in [5, 5.41) is 11.9. The molecule has 0 aliphatic heterocycles. The number of halogens is 4. The van der Waals surface area contributed by atoms with Crippen molar-refractivity contribution in [2.24, 2.45) is 0 Å². The van der Waals surface area contributed by atoms with Crippen LogP contribution in [0.15, 0.2) is 30.5 Å². The number of nitrogens with one attached hydrogen (secondary N) is 1. The zero-order chi connectivity index (χ0) is 19.3. The number of phenolic OH excluding ortho intramolecular Hbond substituents is 1. The van der Waals surface area contributed by atoms with Crippen LogP contribution in [-0.2, 0) is 6.54 Å². The van der Waals surface area contributed by atoms with E-state index in [1.807, 2.05) is 0 Å². The van der Waals surface area contributed by atoms with Crippen LogP contribution in [0.3, 0.4) is 0 Å². The smallest absolute Gasteiger partial charge is 0.422 e. The molecule has 0 radical (unpaired) electrons. The molecule has 0 saturated heterocycles. The van der Waals surface area contributed by atoms with Crippen molar-refractivity contribution in [3.63, 3.8) is 0 Å². The molecule has 1 aromatic carbocycles. The number of amides is 1. The fraction of sp³-hybridized carbons (Fsp3) is 0.250. The zero-order valence-corrected chi connectivity index (χ0v) is 14.2. The summed E-state index contributed by atoms with van der Waals surface area (Å²) in [6, 6.07) is 5.73. The largest absolute Gasteiger partial charge is 0.504 e. The number of pyridine rings is 1. The highest BCUT2D eigenvalue weighted by Crippen LogP contribution is 2.27. The van der Waals surface area contributed by atoms with E-state index in [1.165, 1.54) is 13.2 Å². The molecule has 0 unspecified atom stereocenters. The van der Waals surface area contributed by atoms with Crippen LogP contribution in [0.2, 0.25) is 5.02 Å². The summed E-state index contributed by atoms with van der Waals surface area (Å²) in [7, 11) is 1.40. The Morgan fingerprint density at radius 2 is 2.08 bits per heavy atom. The number of carbonyl (C=O) groups is 1. The van der Waals surface area contributed by atoms with Crippen LogP contribution in [0.1, 0.15) is 15.9 Å². The van der Waals surface area contributed by atoms with Gasteiger partial charge in [0.2, 0.25) is 5.88 Å². The van der Waals surface area contributed by atoms with Gasteiger partial charge in [0.25, 0.3) is 5.91 Å². The van der Waals surface area contributed by atoms with Crippen LogP contribution in [0.5, 0.6) is 17.4 Å². The first-order valence-corrected chi connectivity index (χ1v) is 7.56. The molecule has 1 heterocycles. The number of methoxy groups -OCH3 is 1. The van der Waals surface area contributed by atoms with Gasteiger partial charge in [0, 0.05) is 12.7 Å². The summed E-state index contributed by atoms with van der Waals surface area (Å²) in [4.78, 5) is 15.7. The lowest BCUT2D eigenvalue weighted by molar-refractivity contribution is -0.154. The minimum absolute atomic E-state index is 0.0343. The Morgan fingerprint density at radius 1 is 1.35 bits per heavy atom. The maximum atomic E-state index is 12.1. The quantitative estimate of drug-likeness (QED) is 0.791. The topological polar surface area (TPSA) is 80.7 Å². The number of nitrogens with zero attached hydrogens (tertiary/aromatic N) is 1. The third-order valence-electron chi connectivity index (χ3n) is 3.14. The van der Waals surface area contributed by atoms with Gasteiger partial charge < -0.3 is 19.9 Å². The third kappa shape index (κ3) is 5.41. The van der Waals surface area contributed by atoms with Crippen LogP contribution in [0, 0.1) is 0 Å². The van der Waals surface area contributed by atoms with Gasteiger partial charge in [-0.25, -0.2) is 4.98 Å². The summed E-state index contributed by atoms with van der Waals surface area (Å²) in [6.07, 6.45) is -3.46. The lowest BCUT2D eigenvalue weighted by Gasteiger charge is -2.11. The van der Waals surface area contributed by atoms with Crippen LogP contribution >= 0.6 is 11.6 Å². The number of rotatable bonds is 6. The van der Waals surface area contributed by atoms with E-state index in [0.29, 0.717) is 5.56 Å². The van der Waals surface area contributed by atoms with E-state index in [4.69, 9.17) is 16.3 Å². The second kappa shape index (κ2) is 8.13. The fourth-order valence-corrected chi connectivity index (χ4v) is 2.14. The SMILES string of the molecule is COc1cc(CNC(=O)c2cnc(OCC(F)(F)F)c(Cl)c2)ccc1O. The van der Waals surface area contributed by atoms with Gasteiger partial charge in [0.1, 0.15) is 5.02 Å². The molecule has 2 rings (SSSR count). The second-order valence-electron chi connectivity index (χ2n) is 5.10. The Kier molecular flexibility index (Phi) is 6.14. The average molecular weight is 391 g/mol. The summed E-state index contributed by atoms with van der Waals surface area (Å²) in [5.41, 5.74) is 0.720. The second-order valence-corrected chi connectivity index (χ2v) is 5.51. The third-order valence-corrected chi connectivity index (χ3v) is 3.41. The highest BCUT2D eigenvalue weighted by atomic mass is 35.5. The number of aromatic hydroxyl groups is 1. The summed E-state index contributed by atoms with van der Waals surface area (Å²) < 4.78 is 45.8. The van der Waals surface area contributed by atoms with Gasteiger partial charge in [-0.2, -0.15) is 13.2 Å². The number of carbonyl (C=O) groups excluding carboxylic acids is 1. The number of alkyl halides is 3. The van der Waals surface area contributed by atoms with E-state index < -0.39 is 24.6 Å². The lowest BCUT2D eigenvalue weighted by Crippen LogP contribution is -2.23. The van der Waals surface area contributed by atoms with Crippen molar-refractivity contribution in [1.29, 1.82) is 0 Å². The van der Waals surface area contributed by atoms with Crippen molar-refractivity contribution in [3.8, 4) is 17.4 Å². The number of phenols is 1. The Labute approximate surface area is 151 Å². The molecule has 2 aromatic rings. The molecule has 0 fully saturated rings. The standard InChI is InChI=1S/C16H14ClF3N2O4/c1-25-13-4-9(2-3-12(13)23)6-21-14(24)10-5-11(17)15(22-7-10)26-8-16(18,19)20/h2-5,7,23H,6,8H2,1H3,(H,21,24). The molecule has 0 spiro atoms. The molecule has 1 aromatic heterocycles. The van der Waals surface area contributed by atoms with E-state index in [0.717, 1.165) is 12.3 Å². The highest BCUT2D eigenvalue weighted by molar-refractivity contribution is 6.32. The molecule has 140 valence electrons. The number of hydrogen-bond acceptors (Lipinski definition) is 5. The maximum absolute atomic E-state index is 12.1. The molecule has 10 heteroatoms. The molecular weight excluding hydrogens is 377 g/mol. The highest BCUT2D eigenvalue weighted by Gasteiger charge is 2.29. The number of aromatic nitrogens is 1. The predicted octanol–water partition coefficient (Wildman–Crippen LogP) is 3.32. The van der Waals surface area contributed by atoms with Gasteiger partial charge in [-0.05, 0) is 23.8 Å². The van der Waals surface area contributed by atoms with Crippen LogP contribution < -0.4 is 14.8 Å². The normalized spacial score (nSPS) is 11.1. The first kappa shape index (κ1) is 19.6. The Hall–Kier alpha value is -2.68. The van der Waals surface area contributed by atoms with E-state index in [2.05, 4.69) is 15.0 Å². The minimum Gasteiger partial charge on any atom is -0.504 e. The van der Waals surface area contributed by atoms with Crippen molar-refractivity contribution in [2.75, 3.05) is 13.7 Å². The minimum atomic E-state index is -4.52. The van der Waals surface area contributed by atoms with Gasteiger partial charge in [-0.15, -0.1) is 0 Å². The van der Waals surface area contributed by atoms with Crippen molar-refractivity contribution >= 4 is 17.5 Å². The van der Waals surface area contributed by atoms with E-state index in [1.54, 1.807) is 12.1 Å². The maximum Gasteiger partial charge on any atom is 0.422 e. The van der Waals surface area contributed by atoms with Crippen molar-refractivity contribution in [2.45, 2.75) is 12.7 Å². The van der Waals surface area contributed by atoms with Crippen molar-refractivity contribution in [1.82, 2.24) is 10.3 Å². The molecule has 1 amide bonds. The Bertz CT molecular complexity index is 800. The summed E-state index contributed by atoms with van der Waals surface area (Å²) >= 11 is 5.80. The zero-order valence-electron chi connectivity index (χ0n) is 13.4. The van der Waals surface area contributed by atoms with E-state index in [9.17, 15) is 23.1 Å². The predicted molar refractivity (Wildman–Crippen MR) is 86.6 cm³/mol. The van der Waals surface area contributed by atoms with Gasteiger partial charge in [-0.3, -0.25) is 4.79 Å². The molecule has 0 bridgehead atoms. The van der Waals surface area contributed by atoms with Crippen LogP contribution in [0.25, 0.3) is 0 Å². The number of hydrogen-bond donors (Lipinski definition) is 2. The van der Waals surface area contributed by atoms with Crippen molar-refractivity contribution in [3.05, 3.63) is 46.6 Å². The summed E-state index contributed by atoms with van der Waals surface area (Å²) in [6.45, 7) is -1.41. The van der Waals surface area contributed by atoms with Crippen molar-refractivity contribution < 1.29 is 32.5 Å². The lowest BCUT2D eigenvalue weighted by atomic mass is 10.2. The molecule has 0 saturated carbocycles. The monoisotopic (exact) mass is 390 g/mol. The Balaban J connectivity index is 2.00. The van der Waals surface area contributed by atoms with Gasteiger partial charge in [0.15, 0.2) is 18.1 Å². The Morgan fingerprint density at radius 3 is 2.69 bits per heavy atom. The van der Waals surface area contributed by atoms with Gasteiger partial charge >= 0.3 is 6.18 Å².